The van der Waals surface area contributed by atoms with Gasteiger partial charge in [0, 0.05) is 17.8 Å². The van der Waals surface area contributed by atoms with Crippen LogP contribution in [0.2, 0.25) is 0 Å². The van der Waals surface area contributed by atoms with E-state index in [4.69, 9.17) is 9.47 Å². The number of aryl methyl sites for hydroxylation is 2. The van der Waals surface area contributed by atoms with Crippen molar-refractivity contribution >= 4 is 69.5 Å². The number of hydrogen-bond donors (Lipinski definition) is 2. The van der Waals surface area contributed by atoms with Crippen molar-refractivity contribution in [2.75, 3.05) is 23.4 Å². The molecule has 3 aromatic rings. The van der Waals surface area contributed by atoms with Crippen molar-refractivity contribution in [2.45, 2.75) is 20.8 Å². The molecule has 1 aliphatic rings. The van der Waals surface area contributed by atoms with Crippen molar-refractivity contribution in [3.63, 3.8) is 0 Å². The topological polar surface area (TPSA) is 157 Å². The molecule has 42 heavy (non-hydrogen) atoms. The molecule has 216 valence electrons. The van der Waals surface area contributed by atoms with Gasteiger partial charge in [-0.3, -0.25) is 29.8 Å². The summed E-state index contributed by atoms with van der Waals surface area (Å²) in [5.41, 5.74) is 2.26. The number of non-ortho nitro benzene ring substituents is 1. The van der Waals surface area contributed by atoms with Gasteiger partial charge in [-0.1, -0.05) is 23.8 Å². The molecule has 1 aliphatic heterocycles. The maximum Gasteiger partial charge on any atom is 0.335 e. The first-order valence-corrected chi connectivity index (χ1v) is 13.7. The molecule has 0 saturated carbocycles. The highest BCUT2D eigenvalue weighted by Gasteiger charge is 2.37. The Hall–Kier alpha value is -4.79. The highest BCUT2D eigenvalue weighted by molar-refractivity contribution is 14.1. The minimum absolute atomic E-state index is 0.0717. The lowest BCUT2D eigenvalue weighted by atomic mass is 10.1. The lowest BCUT2D eigenvalue weighted by Gasteiger charge is -2.26. The molecule has 4 rings (SSSR count). The number of carbonyl (C=O) groups is 4. The second-order valence-electron chi connectivity index (χ2n) is 9.15. The highest BCUT2D eigenvalue weighted by atomic mass is 127. The maximum atomic E-state index is 13.3. The number of nitro benzene ring substituents is 1. The van der Waals surface area contributed by atoms with Gasteiger partial charge in [0.25, 0.3) is 23.4 Å². The number of nitrogens with one attached hydrogen (secondary N) is 2. The van der Waals surface area contributed by atoms with Gasteiger partial charge in [-0.2, -0.15) is 0 Å². The van der Waals surface area contributed by atoms with Crippen LogP contribution in [0.25, 0.3) is 6.08 Å². The van der Waals surface area contributed by atoms with E-state index in [-0.39, 0.29) is 41.8 Å². The third-order valence-corrected chi connectivity index (χ3v) is 6.85. The van der Waals surface area contributed by atoms with Gasteiger partial charge in [0.05, 0.1) is 20.8 Å². The largest absolute Gasteiger partial charge is 0.490 e. The van der Waals surface area contributed by atoms with E-state index in [2.05, 4.69) is 10.6 Å². The smallest absolute Gasteiger partial charge is 0.335 e. The Kier molecular flexibility index (Phi) is 9.20. The molecule has 0 spiro atoms. The fraction of sp³-hybridized carbons (Fsp3) is 0.172. The van der Waals surface area contributed by atoms with E-state index in [0.29, 0.717) is 25.5 Å². The van der Waals surface area contributed by atoms with Crippen molar-refractivity contribution in [1.29, 1.82) is 0 Å². The van der Waals surface area contributed by atoms with E-state index in [9.17, 15) is 29.3 Å². The highest BCUT2D eigenvalue weighted by Crippen LogP contribution is 2.35. The number of urea groups is 1. The van der Waals surface area contributed by atoms with Crippen molar-refractivity contribution < 1.29 is 33.6 Å². The standard InChI is InChI=1S/C29H25IN4O8/c1-4-41-24-13-18(12-22(30)26(24)42-15-25(35)31-23-9-8-16(2)10-17(23)3)11-21-27(36)32-29(38)33(28(21)37)19-6-5-7-20(14-19)34(39)40/h5-14H,4,15H2,1-3H3,(H,31,35)(H,32,36,38)/b21-11-. The number of carbonyl (C=O) groups excluding carboxylic acids is 4. The summed E-state index contributed by atoms with van der Waals surface area (Å²) >= 11 is 1.98. The Balaban J connectivity index is 1.59. The molecule has 0 radical (unpaired) electrons. The minimum atomic E-state index is -1.03. The van der Waals surface area contributed by atoms with Crippen molar-refractivity contribution in [3.05, 3.63) is 90.5 Å². The quantitative estimate of drug-likeness (QED) is 0.106. The van der Waals surface area contributed by atoms with E-state index in [1.165, 1.54) is 30.3 Å². The van der Waals surface area contributed by atoms with Crippen LogP contribution in [-0.2, 0) is 14.4 Å². The van der Waals surface area contributed by atoms with Crippen LogP contribution in [0.3, 0.4) is 0 Å². The van der Waals surface area contributed by atoms with Gasteiger partial charge in [0.1, 0.15) is 5.57 Å². The van der Waals surface area contributed by atoms with Crippen molar-refractivity contribution in [2.24, 2.45) is 0 Å². The molecule has 1 fully saturated rings. The predicted octanol–water partition coefficient (Wildman–Crippen LogP) is 4.90. The monoisotopic (exact) mass is 684 g/mol. The number of amides is 5. The number of imide groups is 2. The third kappa shape index (κ3) is 6.74. The second-order valence-corrected chi connectivity index (χ2v) is 10.3. The third-order valence-electron chi connectivity index (χ3n) is 6.05. The number of barbiturate groups is 1. The zero-order valence-electron chi connectivity index (χ0n) is 22.7. The summed E-state index contributed by atoms with van der Waals surface area (Å²) in [6, 6.07) is 12.7. The number of anilines is 2. The van der Waals surface area contributed by atoms with Crippen LogP contribution in [0, 0.1) is 27.5 Å². The molecule has 0 bridgehead atoms. The van der Waals surface area contributed by atoms with Gasteiger partial charge < -0.3 is 14.8 Å². The normalized spacial score (nSPS) is 14.0. The summed E-state index contributed by atoms with van der Waals surface area (Å²) in [5.74, 6) is -1.69. The first kappa shape index (κ1) is 30.2. The van der Waals surface area contributed by atoms with Crippen LogP contribution in [0.15, 0.2) is 60.2 Å². The van der Waals surface area contributed by atoms with Crippen molar-refractivity contribution in [3.8, 4) is 11.5 Å². The lowest BCUT2D eigenvalue weighted by molar-refractivity contribution is -0.384. The molecule has 2 N–H and O–H groups in total. The zero-order chi connectivity index (χ0) is 30.6. The summed E-state index contributed by atoms with van der Waals surface area (Å²) in [7, 11) is 0. The number of nitro groups is 1. The van der Waals surface area contributed by atoms with Gasteiger partial charge in [0.15, 0.2) is 18.1 Å². The fourth-order valence-electron chi connectivity index (χ4n) is 4.16. The number of nitrogens with zero attached hydrogens (tertiary/aromatic N) is 2. The van der Waals surface area contributed by atoms with Gasteiger partial charge in [-0.25, -0.2) is 9.69 Å². The van der Waals surface area contributed by atoms with Gasteiger partial charge in [-0.15, -0.1) is 0 Å². The molecular weight excluding hydrogens is 659 g/mol. The van der Waals surface area contributed by atoms with Crippen LogP contribution >= 0.6 is 22.6 Å². The van der Waals surface area contributed by atoms with E-state index < -0.39 is 22.8 Å². The minimum Gasteiger partial charge on any atom is -0.490 e. The first-order valence-electron chi connectivity index (χ1n) is 12.6. The maximum absolute atomic E-state index is 13.3. The second kappa shape index (κ2) is 12.8. The lowest BCUT2D eigenvalue weighted by Crippen LogP contribution is -2.54. The van der Waals surface area contributed by atoms with Gasteiger partial charge in [0.2, 0.25) is 0 Å². The van der Waals surface area contributed by atoms with Crippen LogP contribution in [-0.4, -0.2) is 41.9 Å². The fourth-order valence-corrected chi connectivity index (χ4v) is 4.94. The number of halogens is 1. The predicted molar refractivity (Wildman–Crippen MR) is 162 cm³/mol. The number of hydrogen-bond acceptors (Lipinski definition) is 8. The first-order chi connectivity index (χ1) is 20.0. The average Bonchev–Trinajstić information content (AvgIpc) is 2.92. The molecule has 0 aromatic heterocycles. The molecule has 1 heterocycles. The SMILES string of the molecule is CCOc1cc(/C=C2/C(=O)NC(=O)N(c3cccc([N+](=O)[O-])c3)C2=O)cc(I)c1OCC(=O)Nc1ccc(C)cc1C. The zero-order valence-corrected chi connectivity index (χ0v) is 24.9. The molecular formula is C29H25IN4O8. The van der Waals surface area contributed by atoms with Crippen LogP contribution < -0.4 is 25.0 Å². The summed E-state index contributed by atoms with van der Waals surface area (Å²) in [6.07, 6.45) is 1.27. The Morgan fingerprint density at radius 1 is 1.10 bits per heavy atom. The summed E-state index contributed by atoms with van der Waals surface area (Å²) in [4.78, 5) is 62.2. The van der Waals surface area contributed by atoms with E-state index >= 15 is 0 Å². The Bertz CT molecular complexity index is 1650. The molecule has 12 nitrogen and oxygen atoms in total. The molecule has 0 aliphatic carbocycles. The summed E-state index contributed by atoms with van der Waals surface area (Å²) < 4.78 is 12.1. The molecule has 1 saturated heterocycles. The molecule has 3 aromatic carbocycles. The Labute approximate surface area is 254 Å². The average molecular weight is 684 g/mol. The number of ether oxygens (including phenoxy) is 2. The van der Waals surface area contributed by atoms with E-state index in [1.807, 2.05) is 54.6 Å². The molecule has 5 amide bonds. The number of rotatable bonds is 9. The van der Waals surface area contributed by atoms with Gasteiger partial charge >= 0.3 is 6.03 Å². The Morgan fingerprint density at radius 2 is 1.86 bits per heavy atom. The molecule has 13 heteroatoms. The van der Waals surface area contributed by atoms with Crippen LogP contribution in [0.5, 0.6) is 11.5 Å². The van der Waals surface area contributed by atoms with Crippen molar-refractivity contribution in [1.82, 2.24) is 5.32 Å². The van der Waals surface area contributed by atoms with Crippen LogP contribution in [0.4, 0.5) is 21.9 Å². The number of benzene rings is 3. The molecule has 0 atom stereocenters. The van der Waals surface area contributed by atoms with Crippen LogP contribution in [0.1, 0.15) is 23.6 Å². The summed E-state index contributed by atoms with van der Waals surface area (Å²) in [5, 5.41) is 16.1. The van der Waals surface area contributed by atoms with E-state index in [1.54, 1.807) is 13.0 Å². The Morgan fingerprint density at radius 3 is 2.55 bits per heavy atom. The summed E-state index contributed by atoms with van der Waals surface area (Å²) in [6.45, 7) is 5.57. The van der Waals surface area contributed by atoms with Gasteiger partial charge in [-0.05, 0) is 84.8 Å². The molecule has 0 unspecified atom stereocenters. The van der Waals surface area contributed by atoms with E-state index in [0.717, 1.165) is 17.2 Å².